The molecule has 0 atom stereocenters. The minimum Gasteiger partial charge on any atom is -0.356 e. The summed E-state index contributed by atoms with van der Waals surface area (Å²) in [6, 6.07) is 9.29. The third-order valence-electron chi connectivity index (χ3n) is 5.27. The Kier molecular flexibility index (Phi) is 7.81. The Morgan fingerprint density at radius 3 is 2.87 bits per heavy atom. The van der Waals surface area contributed by atoms with E-state index in [1.807, 2.05) is 24.6 Å². The quantitative estimate of drug-likeness (QED) is 0.305. The van der Waals surface area contributed by atoms with Crippen molar-refractivity contribution in [3.63, 3.8) is 0 Å². The molecule has 3 aromatic rings. The lowest BCUT2D eigenvalue weighted by atomic mass is 10.00. The molecule has 1 aliphatic heterocycles. The van der Waals surface area contributed by atoms with Gasteiger partial charge in [0, 0.05) is 31.6 Å². The molecule has 2 aromatic heterocycles. The summed E-state index contributed by atoms with van der Waals surface area (Å²) in [4.78, 5) is 8.36. The van der Waals surface area contributed by atoms with Gasteiger partial charge in [0.1, 0.15) is 18.2 Å². The summed E-state index contributed by atoms with van der Waals surface area (Å²) in [5.74, 6) is 2.33. The molecule has 0 spiro atoms. The van der Waals surface area contributed by atoms with Crippen molar-refractivity contribution < 1.29 is 4.39 Å². The number of hydrogen-bond donors (Lipinski definition) is 1. The molecule has 0 amide bonds. The first-order chi connectivity index (χ1) is 14.1. The smallest absolute Gasteiger partial charge is 0.194 e. The van der Waals surface area contributed by atoms with Gasteiger partial charge >= 0.3 is 0 Å². The van der Waals surface area contributed by atoms with Gasteiger partial charge in [-0.15, -0.1) is 45.5 Å². The lowest BCUT2D eigenvalue weighted by Crippen LogP contribution is -2.44. The monoisotopic (exact) mass is 540 g/mol. The number of aliphatic imine (C=N–C) groups is 1. The van der Waals surface area contributed by atoms with Gasteiger partial charge in [0.25, 0.3) is 0 Å². The Morgan fingerprint density at radius 1 is 1.27 bits per heavy atom. The predicted octanol–water partition coefficient (Wildman–Crippen LogP) is 3.69. The van der Waals surface area contributed by atoms with Crippen LogP contribution in [0.4, 0.5) is 4.39 Å². The first-order valence-corrected chi connectivity index (χ1v) is 10.7. The second-order valence-corrected chi connectivity index (χ2v) is 8.24. The zero-order valence-corrected chi connectivity index (χ0v) is 20.3. The van der Waals surface area contributed by atoms with Gasteiger partial charge < -0.3 is 14.8 Å². The van der Waals surface area contributed by atoms with Gasteiger partial charge in [-0.25, -0.2) is 9.38 Å². The summed E-state index contributed by atoms with van der Waals surface area (Å²) >= 11 is 1.76. The fourth-order valence-corrected chi connectivity index (χ4v) is 4.17. The van der Waals surface area contributed by atoms with Gasteiger partial charge in [0.05, 0.1) is 0 Å². The fraction of sp³-hybridized carbons (Fsp3) is 0.381. The number of thiophene rings is 1. The number of benzene rings is 1. The van der Waals surface area contributed by atoms with Crippen LogP contribution in [0, 0.1) is 12.7 Å². The van der Waals surface area contributed by atoms with Gasteiger partial charge in [-0.3, -0.25) is 0 Å². The number of fused-ring (bicyclic) bond motifs is 1. The van der Waals surface area contributed by atoms with Crippen LogP contribution in [0.2, 0.25) is 0 Å². The van der Waals surface area contributed by atoms with E-state index < -0.39 is 0 Å². The van der Waals surface area contributed by atoms with Crippen LogP contribution >= 0.6 is 35.3 Å². The molecule has 1 aromatic carbocycles. The van der Waals surface area contributed by atoms with Crippen molar-refractivity contribution in [3.8, 4) is 0 Å². The molecule has 1 N–H and O–H groups in total. The van der Waals surface area contributed by atoms with E-state index in [1.165, 1.54) is 10.4 Å². The highest BCUT2D eigenvalue weighted by molar-refractivity contribution is 14.0. The van der Waals surface area contributed by atoms with Crippen LogP contribution in [-0.2, 0) is 33.0 Å². The van der Waals surface area contributed by atoms with Crippen molar-refractivity contribution in [3.05, 3.63) is 69.2 Å². The highest BCUT2D eigenvalue weighted by atomic mass is 127. The molecule has 4 rings (SSSR count). The average Bonchev–Trinajstić information content (AvgIpc) is 3.35. The Balaban J connectivity index is 0.00000256. The second-order valence-electron chi connectivity index (χ2n) is 7.20. The van der Waals surface area contributed by atoms with Gasteiger partial charge in [-0.2, -0.15) is 0 Å². The average molecular weight is 540 g/mol. The predicted molar refractivity (Wildman–Crippen MR) is 129 cm³/mol. The molecular weight excluding hydrogens is 514 g/mol. The Labute approximate surface area is 197 Å². The van der Waals surface area contributed by atoms with E-state index in [1.54, 1.807) is 23.5 Å². The number of aromatic nitrogens is 3. The molecule has 0 saturated heterocycles. The lowest BCUT2D eigenvalue weighted by Gasteiger charge is -2.32. The van der Waals surface area contributed by atoms with Crippen LogP contribution in [-0.4, -0.2) is 38.7 Å². The summed E-state index contributed by atoms with van der Waals surface area (Å²) in [7, 11) is 1.95. The van der Waals surface area contributed by atoms with E-state index in [0.29, 0.717) is 13.1 Å². The van der Waals surface area contributed by atoms with Gasteiger partial charge in [-0.1, -0.05) is 12.1 Å². The van der Waals surface area contributed by atoms with E-state index >= 15 is 0 Å². The third-order valence-corrected chi connectivity index (χ3v) is 6.20. The maximum absolute atomic E-state index is 13.7. The molecule has 30 heavy (non-hydrogen) atoms. The number of guanidine groups is 1. The first-order valence-electron chi connectivity index (χ1n) is 9.78. The van der Waals surface area contributed by atoms with Crippen molar-refractivity contribution in [2.45, 2.75) is 32.9 Å². The van der Waals surface area contributed by atoms with E-state index in [4.69, 9.17) is 4.99 Å². The van der Waals surface area contributed by atoms with Gasteiger partial charge in [-0.05, 0) is 54.5 Å². The van der Waals surface area contributed by atoms with Crippen molar-refractivity contribution in [2.75, 3.05) is 13.1 Å². The normalized spacial score (nSPS) is 13.7. The molecule has 0 fully saturated rings. The number of hydrogen-bond acceptors (Lipinski definition) is 4. The van der Waals surface area contributed by atoms with Crippen molar-refractivity contribution >= 4 is 41.3 Å². The van der Waals surface area contributed by atoms with Gasteiger partial charge in [0.2, 0.25) is 0 Å². The Hall–Kier alpha value is -2.01. The SMILES string of the molecule is Cc1nnc(CN=C(NCCc2cccs2)N2CCc3ccc(F)cc3C2)n1C.I. The van der Waals surface area contributed by atoms with Crippen LogP contribution < -0.4 is 5.32 Å². The summed E-state index contributed by atoms with van der Waals surface area (Å²) in [5, 5.41) is 13.9. The van der Waals surface area contributed by atoms with Crippen LogP contribution in [0.25, 0.3) is 0 Å². The Morgan fingerprint density at radius 2 is 2.13 bits per heavy atom. The van der Waals surface area contributed by atoms with Crippen LogP contribution in [0.3, 0.4) is 0 Å². The summed E-state index contributed by atoms with van der Waals surface area (Å²) in [6.07, 6.45) is 1.82. The minimum atomic E-state index is -0.190. The number of aryl methyl sites for hydroxylation is 1. The molecule has 3 heterocycles. The summed E-state index contributed by atoms with van der Waals surface area (Å²) in [6.45, 7) is 4.67. The number of nitrogens with one attached hydrogen (secondary N) is 1. The lowest BCUT2D eigenvalue weighted by molar-refractivity contribution is 0.376. The molecule has 6 nitrogen and oxygen atoms in total. The third kappa shape index (κ3) is 5.37. The minimum absolute atomic E-state index is 0. The largest absolute Gasteiger partial charge is 0.356 e. The van der Waals surface area contributed by atoms with Crippen molar-refractivity contribution in [1.82, 2.24) is 25.0 Å². The molecule has 0 unspecified atom stereocenters. The first kappa shape index (κ1) is 22.7. The van der Waals surface area contributed by atoms with E-state index in [-0.39, 0.29) is 29.8 Å². The number of halogens is 2. The van der Waals surface area contributed by atoms with Crippen LogP contribution in [0.1, 0.15) is 27.7 Å². The summed E-state index contributed by atoms with van der Waals surface area (Å²) < 4.78 is 15.7. The molecule has 0 aliphatic carbocycles. The highest BCUT2D eigenvalue weighted by Crippen LogP contribution is 2.20. The molecule has 1 aliphatic rings. The standard InChI is InChI=1S/C21H25FN6S.HI/c1-15-25-26-20(27(15)2)13-24-21(23-9-7-19-4-3-11-29-19)28-10-8-16-5-6-18(22)12-17(16)14-28;/h3-6,11-12H,7-10,13-14H2,1-2H3,(H,23,24);1H. The van der Waals surface area contributed by atoms with E-state index in [0.717, 1.165) is 49.1 Å². The maximum atomic E-state index is 13.7. The molecule has 0 saturated carbocycles. The zero-order valence-electron chi connectivity index (χ0n) is 17.1. The highest BCUT2D eigenvalue weighted by Gasteiger charge is 2.20. The molecule has 0 radical (unpaired) electrons. The maximum Gasteiger partial charge on any atom is 0.194 e. The van der Waals surface area contributed by atoms with Crippen molar-refractivity contribution in [2.24, 2.45) is 12.0 Å². The van der Waals surface area contributed by atoms with E-state index in [2.05, 4.69) is 37.9 Å². The van der Waals surface area contributed by atoms with Crippen LogP contribution in [0.15, 0.2) is 40.7 Å². The fourth-order valence-electron chi connectivity index (χ4n) is 3.46. The van der Waals surface area contributed by atoms with Crippen LogP contribution in [0.5, 0.6) is 0 Å². The molecular formula is C21H26FIN6S. The second kappa shape index (κ2) is 10.3. The Bertz CT molecular complexity index is 1000. The number of rotatable bonds is 5. The topological polar surface area (TPSA) is 58.3 Å². The summed E-state index contributed by atoms with van der Waals surface area (Å²) in [5.41, 5.74) is 2.24. The molecule has 9 heteroatoms. The van der Waals surface area contributed by atoms with Crippen molar-refractivity contribution in [1.29, 1.82) is 0 Å². The van der Waals surface area contributed by atoms with Gasteiger partial charge in [0.15, 0.2) is 11.8 Å². The molecule has 0 bridgehead atoms. The zero-order chi connectivity index (χ0) is 20.2. The molecule has 160 valence electrons. The number of nitrogens with zero attached hydrogens (tertiary/aromatic N) is 5. The van der Waals surface area contributed by atoms with E-state index in [9.17, 15) is 4.39 Å².